The summed E-state index contributed by atoms with van der Waals surface area (Å²) in [4.78, 5) is 1.65. The summed E-state index contributed by atoms with van der Waals surface area (Å²) in [5.41, 5.74) is 6.52. The van der Waals surface area contributed by atoms with Crippen LogP contribution in [0.25, 0.3) is 0 Å². The van der Waals surface area contributed by atoms with E-state index in [1.807, 2.05) is 18.2 Å². The van der Waals surface area contributed by atoms with Crippen LogP contribution in [0, 0.1) is 17.1 Å². The number of hydrogen-bond acceptors (Lipinski definition) is 3. The molecule has 0 spiro atoms. The molecule has 0 aliphatic carbocycles. The van der Waals surface area contributed by atoms with Gasteiger partial charge in [0.2, 0.25) is 0 Å². The summed E-state index contributed by atoms with van der Waals surface area (Å²) >= 11 is 1.39. The number of halogens is 1. The molecule has 0 heterocycles. The predicted molar refractivity (Wildman–Crippen MR) is 66.1 cm³/mol. The minimum absolute atomic E-state index is 0.272. The Kier molecular flexibility index (Phi) is 3.31. The van der Waals surface area contributed by atoms with E-state index in [-0.39, 0.29) is 5.82 Å². The molecule has 17 heavy (non-hydrogen) atoms. The normalized spacial score (nSPS) is 9.88. The second kappa shape index (κ2) is 4.89. The topological polar surface area (TPSA) is 49.8 Å². The lowest BCUT2D eigenvalue weighted by molar-refractivity contribution is 0.624. The number of benzene rings is 2. The maximum absolute atomic E-state index is 13.0. The zero-order valence-electron chi connectivity index (χ0n) is 8.85. The van der Waals surface area contributed by atoms with Crippen molar-refractivity contribution >= 4 is 17.4 Å². The fraction of sp³-hybridized carbons (Fsp3) is 0. The third-order valence-electron chi connectivity index (χ3n) is 2.18. The van der Waals surface area contributed by atoms with E-state index in [1.54, 1.807) is 18.2 Å². The highest BCUT2D eigenvalue weighted by molar-refractivity contribution is 7.99. The molecule has 0 amide bonds. The molecule has 0 aliphatic rings. The molecule has 0 atom stereocenters. The van der Waals surface area contributed by atoms with Crippen LogP contribution in [0.1, 0.15) is 5.56 Å². The van der Waals surface area contributed by atoms with E-state index in [4.69, 9.17) is 11.0 Å². The van der Waals surface area contributed by atoms with Crippen LogP contribution in [-0.4, -0.2) is 0 Å². The number of nitriles is 1. The van der Waals surface area contributed by atoms with Crippen LogP contribution in [0.2, 0.25) is 0 Å². The molecule has 2 N–H and O–H groups in total. The molecule has 2 aromatic carbocycles. The van der Waals surface area contributed by atoms with Crippen molar-refractivity contribution in [1.29, 1.82) is 5.26 Å². The van der Waals surface area contributed by atoms with Gasteiger partial charge in [-0.25, -0.2) is 4.39 Å². The number of hydrogen-bond donors (Lipinski definition) is 1. The lowest BCUT2D eigenvalue weighted by atomic mass is 10.2. The lowest BCUT2D eigenvalue weighted by Crippen LogP contribution is -1.89. The van der Waals surface area contributed by atoms with Crippen molar-refractivity contribution < 1.29 is 4.39 Å². The Morgan fingerprint density at radius 1 is 1.12 bits per heavy atom. The molecule has 0 saturated carbocycles. The number of rotatable bonds is 2. The summed E-state index contributed by atoms with van der Waals surface area (Å²) in [5.74, 6) is -0.272. The second-order valence-electron chi connectivity index (χ2n) is 3.42. The molecular formula is C13H9FN2S. The zero-order chi connectivity index (χ0) is 12.3. The van der Waals surface area contributed by atoms with Crippen LogP contribution < -0.4 is 5.73 Å². The molecule has 0 aromatic heterocycles. The highest BCUT2D eigenvalue weighted by Gasteiger charge is 2.03. The Morgan fingerprint density at radius 3 is 2.59 bits per heavy atom. The Hall–Kier alpha value is -1.99. The average molecular weight is 244 g/mol. The molecule has 84 valence electrons. The highest BCUT2D eigenvalue weighted by Crippen LogP contribution is 2.29. The van der Waals surface area contributed by atoms with Gasteiger partial charge in [-0.3, -0.25) is 0 Å². The van der Waals surface area contributed by atoms with Crippen molar-refractivity contribution in [2.24, 2.45) is 0 Å². The zero-order valence-corrected chi connectivity index (χ0v) is 9.67. The maximum atomic E-state index is 13.0. The van der Waals surface area contributed by atoms with Crippen molar-refractivity contribution in [2.45, 2.75) is 9.79 Å². The van der Waals surface area contributed by atoms with Crippen molar-refractivity contribution in [3.05, 3.63) is 53.8 Å². The van der Waals surface area contributed by atoms with E-state index in [0.29, 0.717) is 11.3 Å². The summed E-state index contributed by atoms with van der Waals surface area (Å²) in [7, 11) is 0. The van der Waals surface area contributed by atoms with Crippen molar-refractivity contribution in [2.75, 3.05) is 5.73 Å². The third-order valence-corrected chi connectivity index (χ3v) is 3.16. The van der Waals surface area contributed by atoms with Crippen molar-refractivity contribution in [1.82, 2.24) is 0 Å². The van der Waals surface area contributed by atoms with Gasteiger partial charge in [-0.15, -0.1) is 0 Å². The van der Waals surface area contributed by atoms with E-state index in [1.165, 1.54) is 23.9 Å². The second-order valence-corrected chi connectivity index (χ2v) is 4.57. The van der Waals surface area contributed by atoms with Gasteiger partial charge < -0.3 is 5.73 Å². The van der Waals surface area contributed by atoms with Crippen molar-refractivity contribution in [3.63, 3.8) is 0 Å². The summed E-state index contributed by atoms with van der Waals surface area (Å²) in [6.45, 7) is 0. The largest absolute Gasteiger partial charge is 0.398 e. The fourth-order valence-corrected chi connectivity index (χ4v) is 2.27. The standard InChI is InChI=1S/C13H9FN2S/c14-10-2-1-3-11(7-10)17-12-4-5-13(16)9(6-12)8-15/h1-7H,16H2. The van der Waals surface area contributed by atoms with Crippen LogP contribution in [0.3, 0.4) is 0 Å². The van der Waals surface area contributed by atoms with Gasteiger partial charge in [-0.05, 0) is 36.4 Å². The highest BCUT2D eigenvalue weighted by atomic mass is 32.2. The Morgan fingerprint density at radius 2 is 1.88 bits per heavy atom. The molecule has 0 aliphatic heterocycles. The molecule has 0 fully saturated rings. The van der Waals surface area contributed by atoms with E-state index >= 15 is 0 Å². The summed E-state index contributed by atoms with van der Waals surface area (Å²) in [5, 5.41) is 8.85. The van der Waals surface area contributed by atoms with Gasteiger partial charge in [0.1, 0.15) is 11.9 Å². The Labute approximate surface area is 103 Å². The molecule has 2 aromatic rings. The van der Waals surface area contributed by atoms with Crippen LogP contribution in [-0.2, 0) is 0 Å². The minimum atomic E-state index is -0.272. The SMILES string of the molecule is N#Cc1cc(Sc2cccc(F)c2)ccc1N. The number of nitrogen functional groups attached to an aromatic ring is 1. The number of anilines is 1. The van der Waals surface area contributed by atoms with Crippen molar-refractivity contribution in [3.8, 4) is 6.07 Å². The van der Waals surface area contributed by atoms with Crippen LogP contribution in [0.4, 0.5) is 10.1 Å². The lowest BCUT2D eigenvalue weighted by Gasteiger charge is -2.03. The molecule has 0 bridgehead atoms. The summed E-state index contributed by atoms with van der Waals surface area (Å²) in [6.07, 6.45) is 0. The van der Waals surface area contributed by atoms with E-state index in [2.05, 4.69) is 0 Å². The summed E-state index contributed by atoms with van der Waals surface area (Å²) in [6, 6.07) is 13.5. The molecule has 2 rings (SSSR count). The number of nitrogens with two attached hydrogens (primary N) is 1. The van der Waals surface area contributed by atoms with Gasteiger partial charge in [-0.2, -0.15) is 5.26 Å². The molecular weight excluding hydrogens is 235 g/mol. The van der Waals surface area contributed by atoms with Gasteiger partial charge in [0, 0.05) is 15.5 Å². The van der Waals surface area contributed by atoms with Gasteiger partial charge in [0.05, 0.1) is 5.56 Å². The molecule has 0 saturated heterocycles. The Balaban J connectivity index is 2.28. The summed E-state index contributed by atoms with van der Waals surface area (Å²) < 4.78 is 13.0. The average Bonchev–Trinajstić information content (AvgIpc) is 2.32. The molecule has 4 heteroatoms. The fourth-order valence-electron chi connectivity index (χ4n) is 1.36. The quantitative estimate of drug-likeness (QED) is 0.823. The van der Waals surface area contributed by atoms with Gasteiger partial charge in [0.15, 0.2) is 0 Å². The third kappa shape index (κ3) is 2.77. The smallest absolute Gasteiger partial charge is 0.124 e. The first-order valence-electron chi connectivity index (χ1n) is 4.92. The van der Waals surface area contributed by atoms with E-state index in [9.17, 15) is 4.39 Å². The van der Waals surface area contributed by atoms with E-state index in [0.717, 1.165) is 9.79 Å². The molecule has 0 unspecified atom stereocenters. The van der Waals surface area contributed by atoms with Gasteiger partial charge >= 0.3 is 0 Å². The first-order chi connectivity index (χ1) is 8.19. The Bertz CT molecular complexity index is 590. The van der Waals surface area contributed by atoms with Crippen LogP contribution >= 0.6 is 11.8 Å². The number of nitrogens with zero attached hydrogens (tertiary/aromatic N) is 1. The molecule has 2 nitrogen and oxygen atoms in total. The first kappa shape index (κ1) is 11.5. The maximum Gasteiger partial charge on any atom is 0.124 e. The van der Waals surface area contributed by atoms with Gasteiger partial charge in [-0.1, -0.05) is 17.8 Å². The van der Waals surface area contributed by atoms with Crippen LogP contribution in [0.5, 0.6) is 0 Å². The van der Waals surface area contributed by atoms with Gasteiger partial charge in [0.25, 0.3) is 0 Å². The first-order valence-corrected chi connectivity index (χ1v) is 5.74. The van der Waals surface area contributed by atoms with Crippen LogP contribution in [0.15, 0.2) is 52.3 Å². The van der Waals surface area contributed by atoms with E-state index < -0.39 is 0 Å². The predicted octanol–water partition coefficient (Wildman–Crippen LogP) is 3.43. The monoisotopic (exact) mass is 244 g/mol. The minimum Gasteiger partial charge on any atom is -0.398 e. The molecule has 0 radical (unpaired) electrons.